The topological polar surface area (TPSA) is 15.3 Å². The van der Waals surface area contributed by atoms with E-state index < -0.39 is 0 Å². The van der Waals surface area contributed by atoms with Crippen LogP contribution in [0.1, 0.15) is 64.7 Å². The van der Waals surface area contributed by atoms with E-state index in [1.165, 1.54) is 90.5 Å². The van der Waals surface area contributed by atoms with Gasteiger partial charge in [0.1, 0.15) is 0 Å². The highest BCUT2D eigenvalue weighted by molar-refractivity contribution is 4.63. The molecule has 1 heterocycles. The first-order valence-electron chi connectivity index (χ1n) is 7.86. The fourth-order valence-electron chi connectivity index (χ4n) is 2.58. The second-order valence-electron chi connectivity index (χ2n) is 5.42. The molecule has 2 heteroatoms. The van der Waals surface area contributed by atoms with Crippen molar-refractivity contribution in [2.24, 2.45) is 0 Å². The van der Waals surface area contributed by atoms with Gasteiger partial charge in [0.25, 0.3) is 0 Å². The van der Waals surface area contributed by atoms with Crippen molar-refractivity contribution < 1.29 is 0 Å². The molecule has 1 rings (SSSR count). The summed E-state index contributed by atoms with van der Waals surface area (Å²) in [6, 6.07) is 0. The van der Waals surface area contributed by atoms with Crippen LogP contribution in [0.25, 0.3) is 0 Å². The lowest BCUT2D eigenvalue weighted by Crippen LogP contribution is -2.34. The van der Waals surface area contributed by atoms with Crippen molar-refractivity contribution in [3.8, 4) is 0 Å². The van der Waals surface area contributed by atoms with Gasteiger partial charge in [0.05, 0.1) is 0 Å². The minimum atomic E-state index is 1.19. The maximum Gasteiger partial charge on any atom is 0.0107 e. The molecule has 0 spiro atoms. The Morgan fingerprint density at radius 3 is 2.24 bits per heavy atom. The van der Waals surface area contributed by atoms with Crippen LogP contribution in [0.3, 0.4) is 0 Å². The highest BCUT2D eigenvalue weighted by Gasteiger charge is 2.06. The van der Waals surface area contributed by atoms with Gasteiger partial charge in [-0.25, -0.2) is 0 Å². The first kappa shape index (κ1) is 15.0. The fraction of sp³-hybridized carbons (Fsp3) is 1.00. The molecule has 1 aliphatic rings. The quantitative estimate of drug-likeness (QED) is 0.654. The van der Waals surface area contributed by atoms with Crippen molar-refractivity contribution in [2.45, 2.75) is 64.7 Å². The summed E-state index contributed by atoms with van der Waals surface area (Å²) in [4.78, 5) is 2.65. The minimum absolute atomic E-state index is 1.19. The van der Waals surface area contributed by atoms with E-state index in [1.54, 1.807) is 0 Å². The van der Waals surface area contributed by atoms with Gasteiger partial charge in [0.2, 0.25) is 0 Å². The molecular formula is C15H32N2. The van der Waals surface area contributed by atoms with E-state index in [4.69, 9.17) is 0 Å². The lowest BCUT2D eigenvalue weighted by molar-refractivity contribution is 0.247. The number of hydrogen-bond acceptors (Lipinski definition) is 2. The summed E-state index contributed by atoms with van der Waals surface area (Å²) in [6.45, 7) is 8.60. The highest BCUT2D eigenvalue weighted by atomic mass is 15.1. The summed E-state index contributed by atoms with van der Waals surface area (Å²) in [7, 11) is 0. The predicted octanol–water partition coefficient (Wildman–Crippen LogP) is 3.42. The molecule has 0 amide bonds. The molecule has 0 unspecified atom stereocenters. The Balaban J connectivity index is 1.90. The van der Waals surface area contributed by atoms with Crippen LogP contribution in [0.4, 0.5) is 0 Å². The van der Waals surface area contributed by atoms with Crippen LogP contribution < -0.4 is 5.32 Å². The van der Waals surface area contributed by atoms with Gasteiger partial charge in [-0.05, 0) is 38.9 Å². The van der Waals surface area contributed by atoms with Crippen LogP contribution in [-0.2, 0) is 0 Å². The second-order valence-corrected chi connectivity index (χ2v) is 5.42. The first-order valence-corrected chi connectivity index (χ1v) is 7.86. The summed E-state index contributed by atoms with van der Waals surface area (Å²) in [5.41, 5.74) is 0. The van der Waals surface area contributed by atoms with Gasteiger partial charge in [-0.1, -0.05) is 45.4 Å². The smallest absolute Gasteiger partial charge is 0.0107 e. The summed E-state index contributed by atoms with van der Waals surface area (Å²) < 4.78 is 0. The summed E-state index contributed by atoms with van der Waals surface area (Å²) in [5.74, 6) is 0. The summed E-state index contributed by atoms with van der Waals surface area (Å²) >= 11 is 0. The minimum Gasteiger partial charge on any atom is -0.315 e. The van der Waals surface area contributed by atoms with Crippen LogP contribution in [0, 0.1) is 0 Å². The maximum absolute atomic E-state index is 3.59. The Morgan fingerprint density at radius 2 is 1.53 bits per heavy atom. The zero-order chi connectivity index (χ0) is 12.2. The van der Waals surface area contributed by atoms with Crippen molar-refractivity contribution in [3.63, 3.8) is 0 Å². The summed E-state index contributed by atoms with van der Waals surface area (Å²) in [5, 5.41) is 3.59. The average Bonchev–Trinajstić information content (AvgIpc) is 2.30. The molecule has 0 bridgehead atoms. The third kappa shape index (κ3) is 8.62. The molecule has 1 fully saturated rings. The Bertz CT molecular complexity index is 151. The molecule has 0 aromatic rings. The van der Waals surface area contributed by atoms with E-state index in [0.29, 0.717) is 0 Å². The third-order valence-corrected chi connectivity index (χ3v) is 3.76. The van der Waals surface area contributed by atoms with Crippen LogP contribution in [-0.4, -0.2) is 37.6 Å². The van der Waals surface area contributed by atoms with E-state index in [-0.39, 0.29) is 0 Å². The van der Waals surface area contributed by atoms with E-state index >= 15 is 0 Å². The molecule has 0 aliphatic carbocycles. The van der Waals surface area contributed by atoms with Crippen molar-refractivity contribution in [1.29, 1.82) is 0 Å². The number of unbranched alkanes of at least 4 members (excludes halogenated alkanes) is 3. The van der Waals surface area contributed by atoms with Gasteiger partial charge in [0.15, 0.2) is 0 Å². The van der Waals surface area contributed by atoms with Gasteiger partial charge in [-0.15, -0.1) is 0 Å². The molecule has 0 radical (unpaired) electrons. The molecule has 0 saturated carbocycles. The Hall–Kier alpha value is -0.0800. The SMILES string of the molecule is CCCCCCNCCN1CCCCCCC1. The first-order chi connectivity index (χ1) is 8.43. The van der Waals surface area contributed by atoms with Gasteiger partial charge >= 0.3 is 0 Å². The standard InChI is InChI=1S/C15H32N2/c1-2-3-4-8-11-16-12-15-17-13-9-6-5-7-10-14-17/h16H,2-15H2,1H3. The Kier molecular flexibility index (Phi) is 9.72. The fourth-order valence-corrected chi connectivity index (χ4v) is 2.58. The molecule has 0 aromatic carbocycles. The monoisotopic (exact) mass is 240 g/mol. The highest BCUT2D eigenvalue weighted by Crippen LogP contribution is 2.09. The lowest BCUT2D eigenvalue weighted by atomic mass is 10.1. The molecule has 1 N–H and O–H groups in total. The molecule has 1 saturated heterocycles. The van der Waals surface area contributed by atoms with Gasteiger partial charge in [-0.3, -0.25) is 0 Å². The molecule has 0 atom stereocenters. The van der Waals surface area contributed by atoms with Gasteiger partial charge < -0.3 is 10.2 Å². The maximum atomic E-state index is 3.59. The van der Waals surface area contributed by atoms with Crippen molar-refractivity contribution in [2.75, 3.05) is 32.7 Å². The zero-order valence-electron chi connectivity index (χ0n) is 11.8. The number of nitrogens with one attached hydrogen (secondary N) is 1. The van der Waals surface area contributed by atoms with E-state index in [2.05, 4.69) is 17.1 Å². The molecule has 17 heavy (non-hydrogen) atoms. The van der Waals surface area contributed by atoms with E-state index in [9.17, 15) is 0 Å². The van der Waals surface area contributed by atoms with Crippen molar-refractivity contribution in [1.82, 2.24) is 10.2 Å². The number of likely N-dealkylation sites (tertiary alicyclic amines) is 1. The third-order valence-electron chi connectivity index (χ3n) is 3.76. The van der Waals surface area contributed by atoms with Crippen molar-refractivity contribution in [3.05, 3.63) is 0 Å². The second kappa shape index (κ2) is 11.0. The summed E-state index contributed by atoms with van der Waals surface area (Å²) in [6.07, 6.45) is 12.7. The van der Waals surface area contributed by atoms with E-state index in [1.807, 2.05) is 0 Å². The number of nitrogens with zero attached hydrogens (tertiary/aromatic N) is 1. The number of rotatable bonds is 8. The normalized spacial score (nSPS) is 18.9. The lowest BCUT2D eigenvalue weighted by Gasteiger charge is -2.24. The Morgan fingerprint density at radius 1 is 0.824 bits per heavy atom. The number of hydrogen-bond donors (Lipinski definition) is 1. The van der Waals surface area contributed by atoms with Gasteiger partial charge in [0, 0.05) is 13.1 Å². The molecule has 1 aliphatic heterocycles. The largest absolute Gasteiger partial charge is 0.315 e. The molecule has 2 nitrogen and oxygen atoms in total. The van der Waals surface area contributed by atoms with Crippen LogP contribution >= 0.6 is 0 Å². The van der Waals surface area contributed by atoms with Crippen LogP contribution in [0.2, 0.25) is 0 Å². The van der Waals surface area contributed by atoms with Crippen molar-refractivity contribution >= 4 is 0 Å². The van der Waals surface area contributed by atoms with E-state index in [0.717, 1.165) is 0 Å². The predicted molar refractivity (Wildman–Crippen MR) is 76.5 cm³/mol. The average molecular weight is 240 g/mol. The van der Waals surface area contributed by atoms with Crippen LogP contribution in [0.5, 0.6) is 0 Å². The zero-order valence-corrected chi connectivity index (χ0v) is 11.8. The van der Waals surface area contributed by atoms with Gasteiger partial charge in [-0.2, -0.15) is 0 Å². The molecule has 102 valence electrons. The van der Waals surface area contributed by atoms with Crippen LogP contribution in [0.15, 0.2) is 0 Å². The molecule has 0 aromatic heterocycles. The Labute approximate surface area is 108 Å². The molecular weight excluding hydrogens is 208 g/mol.